The maximum absolute atomic E-state index is 11.9. The molecule has 6 nitrogen and oxygen atoms in total. The zero-order chi connectivity index (χ0) is 19.8. The third-order valence-corrected chi connectivity index (χ3v) is 5.20. The quantitative estimate of drug-likeness (QED) is 0.329. The molecule has 0 bridgehead atoms. The van der Waals surface area contributed by atoms with E-state index in [9.17, 15) is 4.79 Å². The number of thioether (sulfide) groups is 1. The van der Waals surface area contributed by atoms with Crippen molar-refractivity contribution in [1.29, 1.82) is 0 Å². The minimum absolute atomic E-state index is 0.199. The molecule has 2 aromatic carbocycles. The van der Waals surface area contributed by atoms with Crippen molar-refractivity contribution in [1.82, 2.24) is 20.2 Å². The van der Waals surface area contributed by atoms with Crippen molar-refractivity contribution in [2.75, 3.05) is 5.75 Å². The Morgan fingerprint density at radius 3 is 2.82 bits per heavy atom. The second-order valence-corrected chi connectivity index (χ2v) is 7.61. The summed E-state index contributed by atoms with van der Waals surface area (Å²) in [6.45, 7) is 0. The number of rotatable bonds is 7. The molecule has 0 radical (unpaired) electrons. The van der Waals surface area contributed by atoms with Crippen LogP contribution in [-0.2, 0) is 11.8 Å². The molecule has 8 heteroatoms. The monoisotopic (exact) mass is 455 g/mol. The summed E-state index contributed by atoms with van der Waals surface area (Å²) >= 11 is 4.76. The van der Waals surface area contributed by atoms with Crippen LogP contribution in [0.3, 0.4) is 0 Å². The Kier molecular flexibility index (Phi) is 7.16. The minimum Gasteiger partial charge on any atom is -0.305 e. The zero-order valence-corrected chi connectivity index (χ0v) is 17.5. The van der Waals surface area contributed by atoms with Gasteiger partial charge in [0.2, 0.25) is 0 Å². The first-order valence-corrected chi connectivity index (χ1v) is 10.2. The van der Waals surface area contributed by atoms with E-state index in [-0.39, 0.29) is 11.7 Å². The number of hydrazone groups is 1. The van der Waals surface area contributed by atoms with Crippen LogP contribution < -0.4 is 5.43 Å². The van der Waals surface area contributed by atoms with Crippen LogP contribution >= 0.6 is 27.7 Å². The van der Waals surface area contributed by atoms with Crippen molar-refractivity contribution in [3.63, 3.8) is 0 Å². The number of nitrogens with one attached hydrogen (secondary N) is 1. The van der Waals surface area contributed by atoms with Crippen molar-refractivity contribution >= 4 is 45.9 Å². The summed E-state index contributed by atoms with van der Waals surface area (Å²) in [7, 11) is 1.88. The van der Waals surface area contributed by atoms with Gasteiger partial charge in [-0.15, -0.1) is 10.2 Å². The van der Waals surface area contributed by atoms with Crippen LogP contribution in [0, 0.1) is 0 Å². The molecule has 0 spiro atoms. The highest BCUT2D eigenvalue weighted by molar-refractivity contribution is 9.10. The highest BCUT2D eigenvalue weighted by atomic mass is 79.9. The van der Waals surface area contributed by atoms with E-state index in [1.807, 2.05) is 72.3 Å². The zero-order valence-electron chi connectivity index (χ0n) is 15.1. The van der Waals surface area contributed by atoms with E-state index < -0.39 is 0 Å². The Bertz CT molecular complexity index is 1000. The van der Waals surface area contributed by atoms with Gasteiger partial charge in [0.1, 0.15) is 0 Å². The average Bonchev–Trinajstić information content (AvgIpc) is 3.07. The van der Waals surface area contributed by atoms with Crippen LogP contribution in [0.4, 0.5) is 0 Å². The predicted octanol–water partition coefficient (Wildman–Crippen LogP) is 4.15. The summed E-state index contributed by atoms with van der Waals surface area (Å²) in [5.74, 6) is 0.735. The van der Waals surface area contributed by atoms with Gasteiger partial charge in [-0.1, -0.05) is 76.2 Å². The number of amides is 1. The van der Waals surface area contributed by atoms with E-state index in [0.717, 1.165) is 21.4 Å². The predicted molar refractivity (Wildman–Crippen MR) is 117 cm³/mol. The molecule has 3 aromatic rings. The summed E-state index contributed by atoms with van der Waals surface area (Å²) in [4.78, 5) is 11.9. The van der Waals surface area contributed by atoms with Crippen molar-refractivity contribution in [3.8, 4) is 11.4 Å². The number of halogens is 1. The SMILES string of the molecule is Cn1c(SCC(=O)NN=CC=Cc2ccccc2)nnc1-c1cccc(Br)c1. The summed E-state index contributed by atoms with van der Waals surface area (Å²) < 4.78 is 2.84. The maximum atomic E-state index is 11.9. The van der Waals surface area contributed by atoms with E-state index in [1.54, 1.807) is 12.3 Å². The lowest BCUT2D eigenvalue weighted by atomic mass is 10.2. The van der Waals surface area contributed by atoms with Gasteiger partial charge in [-0.2, -0.15) is 5.10 Å². The first-order chi connectivity index (χ1) is 13.6. The fourth-order valence-electron chi connectivity index (χ4n) is 2.35. The molecule has 0 aliphatic carbocycles. The van der Waals surface area contributed by atoms with Gasteiger partial charge in [-0.3, -0.25) is 4.79 Å². The lowest BCUT2D eigenvalue weighted by Gasteiger charge is -2.04. The third kappa shape index (κ3) is 5.64. The van der Waals surface area contributed by atoms with Crippen molar-refractivity contribution < 1.29 is 4.79 Å². The Morgan fingerprint density at radius 1 is 1.21 bits per heavy atom. The Balaban J connectivity index is 1.50. The van der Waals surface area contributed by atoms with Gasteiger partial charge in [0, 0.05) is 23.3 Å². The molecule has 3 rings (SSSR count). The highest BCUT2D eigenvalue weighted by Crippen LogP contribution is 2.24. The number of benzene rings is 2. The Morgan fingerprint density at radius 2 is 2.04 bits per heavy atom. The minimum atomic E-state index is -0.207. The molecule has 0 unspecified atom stereocenters. The van der Waals surface area contributed by atoms with Gasteiger partial charge >= 0.3 is 0 Å². The number of hydrogen-bond donors (Lipinski definition) is 1. The normalized spacial score (nSPS) is 11.4. The third-order valence-electron chi connectivity index (χ3n) is 3.69. The van der Waals surface area contributed by atoms with E-state index >= 15 is 0 Å². The van der Waals surface area contributed by atoms with Crippen LogP contribution in [0.2, 0.25) is 0 Å². The number of allylic oxidation sites excluding steroid dienone is 1. The van der Waals surface area contributed by atoms with Crippen LogP contribution in [0.5, 0.6) is 0 Å². The van der Waals surface area contributed by atoms with E-state index in [2.05, 4.69) is 36.7 Å². The number of carbonyl (C=O) groups is 1. The van der Waals surface area contributed by atoms with E-state index in [4.69, 9.17) is 0 Å². The Hall–Kier alpha value is -2.71. The first-order valence-electron chi connectivity index (χ1n) is 8.45. The van der Waals surface area contributed by atoms with Gasteiger partial charge in [0.15, 0.2) is 11.0 Å². The van der Waals surface area contributed by atoms with Gasteiger partial charge in [0.25, 0.3) is 5.91 Å². The Labute approximate surface area is 175 Å². The summed E-state index contributed by atoms with van der Waals surface area (Å²) in [5.41, 5.74) is 4.52. The number of aromatic nitrogens is 3. The van der Waals surface area contributed by atoms with Crippen LogP contribution in [0.1, 0.15) is 5.56 Å². The topological polar surface area (TPSA) is 72.2 Å². The molecule has 1 aromatic heterocycles. The summed E-state index contributed by atoms with van der Waals surface area (Å²) in [5, 5.41) is 13.0. The highest BCUT2D eigenvalue weighted by Gasteiger charge is 2.12. The first kappa shape index (κ1) is 20.0. The van der Waals surface area contributed by atoms with Gasteiger partial charge in [-0.25, -0.2) is 5.43 Å². The molecular formula is C20H18BrN5OS. The molecule has 1 amide bonds. The van der Waals surface area contributed by atoms with Crippen LogP contribution in [0.15, 0.2) is 75.4 Å². The maximum Gasteiger partial charge on any atom is 0.250 e. The molecular weight excluding hydrogens is 438 g/mol. The molecule has 0 fully saturated rings. The van der Waals surface area contributed by atoms with Gasteiger partial charge in [-0.05, 0) is 23.8 Å². The molecule has 0 saturated heterocycles. The lowest BCUT2D eigenvalue weighted by Crippen LogP contribution is -2.19. The largest absolute Gasteiger partial charge is 0.305 e. The molecule has 0 atom stereocenters. The smallest absolute Gasteiger partial charge is 0.250 e. The van der Waals surface area contributed by atoms with Gasteiger partial charge in [0.05, 0.1) is 5.75 Å². The molecule has 28 heavy (non-hydrogen) atoms. The number of nitrogens with zero attached hydrogens (tertiary/aromatic N) is 4. The summed E-state index contributed by atoms with van der Waals surface area (Å²) in [6, 6.07) is 17.7. The molecule has 142 valence electrons. The van der Waals surface area contributed by atoms with Crippen molar-refractivity contribution in [2.45, 2.75) is 5.16 Å². The van der Waals surface area contributed by atoms with Crippen LogP contribution in [-0.4, -0.2) is 32.6 Å². The standard InChI is InChI=1S/C20H18BrN5OS/c1-26-19(16-10-5-11-17(21)13-16)24-25-20(26)28-14-18(27)23-22-12-6-9-15-7-3-2-4-8-15/h2-13H,14H2,1H3,(H,23,27). The fourth-order valence-corrected chi connectivity index (χ4v) is 3.46. The van der Waals surface area contributed by atoms with Crippen molar-refractivity contribution in [2.24, 2.45) is 12.1 Å². The fraction of sp³-hybridized carbons (Fsp3) is 0.100. The molecule has 0 aliphatic rings. The second kappa shape index (κ2) is 10.0. The summed E-state index contributed by atoms with van der Waals surface area (Å²) in [6.07, 6.45) is 5.23. The van der Waals surface area contributed by atoms with Gasteiger partial charge < -0.3 is 4.57 Å². The average molecular weight is 456 g/mol. The lowest BCUT2D eigenvalue weighted by molar-refractivity contribution is -0.118. The molecule has 1 heterocycles. The van der Waals surface area contributed by atoms with E-state index in [0.29, 0.717) is 5.16 Å². The molecule has 0 saturated carbocycles. The molecule has 0 aliphatic heterocycles. The van der Waals surface area contributed by atoms with Crippen LogP contribution in [0.25, 0.3) is 17.5 Å². The van der Waals surface area contributed by atoms with E-state index in [1.165, 1.54) is 11.8 Å². The number of hydrogen-bond acceptors (Lipinski definition) is 5. The molecule has 1 N–H and O–H groups in total. The second-order valence-electron chi connectivity index (χ2n) is 5.75. The number of carbonyl (C=O) groups excluding carboxylic acids is 1. The van der Waals surface area contributed by atoms with Crippen molar-refractivity contribution in [3.05, 3.63) is 70.7 Å².